The van der Waals surface area contributed by atoms with Crippen LogP contribution in [-0.4, -0.2) is 54.2 Å². The number of nitrogens with zero attached hydrogens (tertiary/aromatic N) is 3. The minimum atomic E-state index is 0.562. The number of furan rings is 1. The van der Waals surface area contributed by atoms with Crippen molar-refractivity contribution in [3.8, 4) is 78.7 Å². The Morgan fingerprint density at radius 2 is 0.700 bits per heavy atom. The van der Waals surface area contributed by atoms with Gasteiger partial charge < -0.3 is 4.42 Å². The van der Waals surface area contributed by atoms with Crippen LogP contribution in [0.3, 0.4) is 0 Å². The summed E-state index contributed by atoms with van der Waals surface area (Å²) in [4.78, 5) is 15.4. The summed E-state index contributed by atoms with van der Waals surface area (Å²) < 4.78 is 6.92. The molecule has 0 aliphatic carbocycles. The van der Waals surface area contributed by atoms with Crippen molar-refractivity contribution >= 4 is 88.5 Å². The van der Waals surface area contributed by atoms with E-state index in [4.69, 9.17) is 19.4 Å². The topological polar surface area (TPSA) is 51.8 Å². The Morgan fingerprint density at radius 3 is 1.28 bits per heavy atom. The molecular weight excluding hydrogens is 725 g/mol. The zero-order valence-electron chi connectivity index (χ0n) is 34.4. The standard InChI is InChI=1S/C51H38B5N3O/c52-42-41(43(53)45(55)46(56)44(42)54)35-14-7-15-36(28-35)50-57-49(34-12-5-2-6-13-34)58-51(59-50)40-19-9-18-39-38-17-8-16-37(47(38)60-48(39)40)33-26-24-32(25-27-33)31-22-20-30(21-23-31)29-10-3-1-4-11-29/h1-28H,52-56H2. The second-order valence-electron chi connectivity index (χ2n) is 15.7. The summed E-state index contributed by atoms with van der Waals surface area (Å²) in [7, 11) is 11.1. The minimum absolute atomic E-state index is 0.562. The minimum Gasteiger partial charge on any atom is -0.455 e. The van der Waals surface area contributed by atoms with Gasteiger partial charge in [0.15, 0.2) is 17.5 Å². The lowest BCUT2D eigenvalue weighted by atomic mass is 9.59. The van der Waals surface area contributed by atoms with Crippen molar-refractivity contribution in [2.75, 3.05) is 0 Å². The van der Waals surface area contributed by atoms with Gasteiger partial charge in [0, 0.05) is 27.5 Å². The summed E-state index contributed by atoms with van der Waals surface area (Å²) >= 11 is 0. The highest BCUT2D eigenvalue weighted by Gasteiger charge is 2.20. The van der Waals surface area contributed by atoms with Gasteiger partial charge in [0.2, 0.25) is 0 Å². The Balaban J connectivity index is 1.06. The van der Waals surface area contributed by atoms with Crippen LogP contribution in [0.2, 0.25) is 0 Å². The molecule has 0 saturated heterocycles. The third-order valence-corrected chi connectivity index (χ3v) is 12.4. The Hall–Kier alpha value is -7.11. The molecule has 2 heterocycles. The molecule has 10 rings (SSSR count). The van der Waals surface area contributed by atoms with Crippen LogP contribution in [0, 0.1) is 0 Å². The lowest BCUT2D eigenvalue weighted by molar-refractivity contribution is 0.670. The number of hydrogen-bond acceptors (Lipinski definition) is 4. The first-order chi connectivity index (χ1) is 29.3. The van der Waals surface area contributed by atoms with Crippen LogP contribution in [0.25, 0.3) is 101 Å². The van der Waals surface area contributed by atoms with E-state index in [1.807, 2.05) is 36.4 Å². The van der Waals surface area contributed by atoms with Gasteiger partial charge in [0.05, 0.1) is 5.56 Å². The maximum absolute atomic E-state index is 6.92. The van der Waals surface area contributed by atoms with Crippen LogP contribution in [0.1, 0.15) is 0 Å². The molecule has 0 bridgehead atoms. The summed E-state index contributed by atoms with van der Waals surface area (Å²) in [6.07, 6.45) is 0. The molecule has 0 unspecified atom stereocenters. The highest BCUT2D eigenvalue weighted by atomic mass is 16.3. The van der Waals surface area contributed by atoms with Gasteiger partial charge in [0.1, 0.15) is 50.4 Å². The molecule has 0 saturated carbocycles. The third kappa shape index (κ3) is 6.57. The third-order valence-electron chi connectivity index (χ3n) is 12.4. The molecule has 0 spiro atoms. The number of aromatic nitrogens is 3. The van der Waals surface area contributed by atoms with Crippen molar-refractivity contribution in [3.63, 3.8) is 0 Å². The van der Waals surface area contributed by atoms with Crippen molar-refractivity contribution in [1.82, 2.24) is 15.0 Å². The molecule has 0 fully saturated rings. The lowest BCUT2D eigenvalue weighted by Crippen LogP contribution is -2.55. The molecule has 0 aliphatic heterocycles. The summed E-state index contributed by atoms with van der Waals surface area (Å²) in [5.41, 5.74) is 20.2. The van der Waals surface area contributed by atoms with E-state index >= 15 is 0 Å². The largest absolute Gasteiger partial charge is 0.455 e. The molecular formula is C51H38B5N3O. The number of benzene rings is 8. The SMILES string of the molecule is Bc1c(B)c(B)c(-c2cccc(-c3nc(-c4ccccc4)nc(-c4cccc5c4oc4c(-c6ccc(-c7ccc(-c8ccccc8)cc7)cc6)cccc45)n3)c2)c(B)c1B. The van der Waals surface area contributed by atoms with E-state index in [-0.39, 0.29) is 0 Å². The van der Waals surface area contributed by atoms with Crippen LogP contribution in [0.4, 0.5) is 0 Å². The molecule has 9 heteroatoms. The Morgan fingerprint density at radius 1 is 0.300 bits per heavy atom. The molecule has 0 N–H and O–H groups in total. The highest BCUT2D eigenvalue weighted by molar-refractivity contribution is 6.68. The molecule has 60 heavy (non-hydrogen) atoms. The fourth-order valence-corrected chi connectivity index (χ4v) is 8.64. The van der Waals surface area contributed by atoms with Crippen LogP contribution in [-0.2, 0) is 0 Å². The highest BCUT2D eigenvalue weighted by Crippen LogP contribution is 2.40. The lowest BCUT2D eigenvalue weighted by Gasteiger charge is -2.20. The molecule has 8 aromatic carbocycles. The summed E-state index contributed by atoms with van der Waals surface area (Å²) in [5.74, 6) is 1.78. The first-order valence-corrected chi connectivity index (χ1v) is 20.5. The number of fused-ring (bicyclic) bond motifs is 3. The maximum atomic E-state index is 6.92. The van der Waals surface area contributed by atoms with E-state index in [9.17, 15) is 0 Å². The Kier molecular flexibility index (Phi) is 9.45. The zero-order valence-corrected chi connectivity index (χ0v) is 34.4. The van der Waals surface area contributed by atoms with E-state index in [1.54, 1.807) is 0 Å². The van der Waals surface area contributed by atoms with Gasteiger partial charge in [-0.2, -0.15) is 0 Å². The van der Waals surface area contributed by atoms with Crippen molar-refractivity contribution in [3.05, 3.63) is 170 Å². The summed E-state index contributed by atoms with van der Waals surface area (Å²) in [5, 5.41) is 2.06. The fourth-order valence-electron chi connectivity index (χ4n) is 8.64. The molecule has 10 aromatic rings. The van der Waals surface area contributed by atoms with Crippen LogP contribution >= 0.6 is 0 Å². The first kappa shape index (κ1) is 37.2. The van der Waals surface area contributed by atoms with Gasteiger partial charge in [-0.1, -0.05) is 169 Å². The molecule has 278 valence electrons. The van der Waals surface area contributed by atoms with Gasteiger partial charge in [-0.05, 0) is 51.1 Å². The van der Waals surface area contributed by atoms with Gasteiger partial charge in [0.25, 0.3) is 0 Å². The molecule has 0 amide bonds. The number of rotatable bonds is 7. The number of hydrogen-bond donors (Lipinski definition) is 0. The predicted octanol–water partition coefficient (Wildman–Crippen LogP) is 4.73. The Labute approximate surface area is 354 Å². The van der Waals surface area contributed by atoms with Gasteiger partial charge >= 0.3 is 0 Å². The molecule has 0 radical (unpaired) electrons. The van der Waals surface area contributed by atoms with Crippen molar-refractivity contribution < 1.29 is 4.42 Å². The summed E-state index contributed by atoms with van der Waals surface area (Å²) in [6.45, 7) is 0. The van der Waals surface area contributed by atoms with E-state index in [1.165, 1.54) is 49.6 Å². The average molecular weight is 763 g/mol. The number of para-hydroxylation sites is 2. The molecule has 0 atom stereocenters. The monoisotopic (exact) mass is 763 g/mol. The van der Waals surface area contributed by atoms with Crippen molar-refractivity contribution in [1.29, 1.82) is 0 Å². The normalized spacial score (nSPS) is 11.3. The van der Waals surface area contributed by atoms with E-state index in [0.29, 0.717) is 17.5 Å². The average Bonchev–Trinajstić information content (AvgIpc) is 3.70. The van der Waals surface area contributed by atoms with Crippen molar-refractivity contribution in [2.45, 2.75) is 0 Å². The van der Waals surface area contributed by atoms with Gasteiger partial charge in [-0.15, -0.1) is 16.4 Å². The molecule has 0 aliphatic rings. The van der Waals surface area contributed by atoms with Crippen LogP contribution in [0.5, 0.6) is 0 Å². The fraction of sp³-hybridized carbons (Fsp3) is 0. The first-order valence-electron chi connectivity index (χ1n) is 20.5. The van der Waals surface area contributed by atoms with Gasteiger partial charge in [-0.3, -0.25) is 0 Å². The maximum Gasteiger partial charge on any atom is 0.167 e. The van der Waals surface area contributed by atoms with E-state index in [0.717, 1.165) is 60.9 Å². The molecule has 4 nitrogen and oxygen atoms in total. The van der Waals surface area contributed by atoms with Gasteiger partial charge in [-0.25, -0.2) is 15.0 Å². The van der Waals surface area contributed by atoms with Crippen molar-refractivity contribution in [2.24, 2.45) is 0 Å². The smallest absolute Gasteiger partial charge is 0.167 e. The second-order valence-corrected chi connectivity index (χ2v) is 15.7. The quantitative estimate of drug-likeness (QED) is 0.221. The summed E-state index contributed by atoms with van der Waals surface area (Å²) in [6, 6.07) is 59.4. The molecule has 2 aromatic heterocycles. The van der Waals surface area contributed by atoms with E-state index in [2.05, 4.69) is 173 Å². The van der Waals surface area contributed by atoms with Crippen LogP contribution in [0.15, 0.2) is 174 Å². The van der Waals surface area contributed by atoms with Crippen LogP contribution < -0.4 is 27.3 Å². The van der Waals surface area contributed by atoms with E-state index < -0.39 is 0 Å². The second kappa shape index (κ2) is 15.2. The Bertz CT molecular complexity index is 3210. The predicted molar refractivity (Wildman–Crippen MR) is 266 cm³/mol. The zero-order chi connectivity index (χ0) is 40.9.